The largest absolute Gasteiger partial charge is 0.313 e. The Hall–Kier alpha value is -1.39. The predicted octanol–water partition coefficient (Wildman–Crippen LogP) is 3.74. The highest BCUT2D eigenvalue weighted by Crippen LogP contribution is 2.28. The zero-order chi connectivity index (χ0) is 14.4. The topological polar surface area (TPSA) is 37.8 Å². The molecule has 2 aromatic rings. The maximum atomic E-state index is 4.46. The molecule has 0 spiro atoms. The highest BCUT2D eigenvalue weighted by Gasteiger charge is 2.07. The van der Waals surface area contributed by atoms with E-state index >= 15 is 0 Å². The van der Waals surface area contributed by atoms with Crippen LogP contribution in [0.15, 0.2) is 40.5 Å². The van der Waals surface area contributed by atoms with E-state index < -0.39 is 0 Å². The monoisotopic (exact) mass is 287 g/mol. The van der Waals surface area contributed by atoms with E-state index in [0.717, 1.165) is 30.4 Å². The van der Waals surface area contributed by atoms with Crippen molar-refractivity contribution in [2.24, 2.45) is 0 Å². The van der Waals surface area contributed by atoms with Gasteiger partial charge >= 0.3 is 0 Å². The molecule has 0 unspecified atom stereocenters. The Bertz CT molecular complexity index is 569. The van der Waals surface area contributed by atoms with E-state index in [1.54, 1.807) is 11.8 Å². The van der Waals surface area contributed by atoms with Gasteiger partial charge in [-0.1, -0.05) is 24.6 Å². The van der Waals surface area contributed by atoms with Crippen molar-refractivity contribution in [1.82, 2.24) is 15.3 Å². The van der Waals surface area contributed by atoms with Gasteiger partial charge in [0.05, 0.1) is 0 Å². The smallest absolute Gasteiger partial charge is 0.192 e. The van der Waals surface area contributed by atoms with Crippen molar-refractivity contribution in [3.05, 3.63) is 47.3 Å². The minimum atomic E-state index is 0.811. The standard InChI is InChI=1S/C16H21N3S/c1-4-8-17-11-14-10-12(2)5-6-15(14)20-16-18-9-7-13(3)19-16/h5-7,9-10,17H,4,8,11H2,1-3H3. The Kier molecular flexibility index (Phi) is 5.56. The van der Waals surface area contributed by atoms with Crippen LogP contribution in [0.1, 0.15) is 30.2 Å². The number of nitrogens with zero attached hydrogens (tertiary/aromatic N) is 2. The Morgan fingerprint density at radius 3 is 2.80 bits per heavy atom. The second-order valence-corrected chi connectivity index (χ2v) is 5.88. The van der Waals surface area contributed by atoms with Gasteiger partial charge in [-0.05, 0) is 56.3 Å². The van der Waals surface area contributed by atoms with Crippen molar-refractivity contribution >= 4 is 11.8 Å². The number of benzene rings is 1. The fraction of sp³-hybridized carbons (Fsp3) is 0.375. The zero-order valence-electron chi connectivity index (χ0n) is 12.3. The maximum Gasteiger partial charge on any atom is 0.192 e. The van der Waals surface area contributed by atoms with Crippen LogP contribution in [-0.4, -0.2) is 16.5 Å². The van der Waals surface area contributed by atoms with E-state index in [2.05, 4.69) is 47.3 Å². The van der Waals surface area contributed by atoms with Crippen LogP contribution in [0, 0.1) is 13.8 Å². The molecule has 1 aromatic heterocycles. The summed E-state index contributed by atoms with van der Waals surface area (Å²) in [5.41, 5.74) is 3.60. The molecule has 0 saturated carbocycles. The molecule has 1 N–H and O–H groups in total. The quantitative estimate of drug-likeness (QED) is 0.648. The summed E-state index contributed by atoms with van der Waals surface area (Å²) in [7, 11) is 0. The summed E-state index contributed by atoms with van der Waals surface area (Å²) in [4.78, 5) is 10.0. The van der Waals surface area contributed by atoms with Crippen molar-refractivity contribution in [1.29, 1.82) is 0 Å². The van der Waals surface area contributed by atoms with Crippen molar-refractivity contribution in [2.45, 2.75) is 43.8 Å². The van der Waals surface area contributed by atoms with Gasteiger partial charge in [0.15, 0.2) is 5.16 Å². The number of nitrogens with one attached hydrogen (secondary N) is 1. The molecule has 0 aliphatic carbocycles. The van der Waals surface area contributed by atoms with Crippen LogP contribution in [0.2, 0.25) is 0 Å². The van der Waals surface area contributed by atoms with E-state index in [0.29, 0.717) is 0 Å². The fourth-order valence-corrected chi connectivity index (χ4v) is 2.82. The lowest BCUT2D eigenvalue weighted by Crippen LogP contribution is -2.14. The first kappa shape index (κ1) is 15.0. The summed E-state index contributed by atoms with van der Waals surface area (Å²) < 4.78 is 0. The van der Waals surface area contributed by atoms with Gasteiger partial charge in [0.1, 0.15) is 0 Å². The van der Waals surface area contributed by atoms with Crippen LogP contribution < -0.4 is 5.32 Å². The molecule has 0 aliphatic rings. The molecule has 4 heteroatoms. The lowest BCUT2D eigenvalue weighted by atomic mass is 10.1. The molecule has 0 radical (unpaired) electrons. The van der Waals surface area contributed by atoms with Crippen molar-refractivity contribution < 1.29 is 0 Å². The Labute approximate surface area is 125 Å². The Balaban J connectivity index is 2.17. The second-order valence-electron chi connectivity index (χ2n) is 4.87. The normalized spacial score (nSPS) is 10.8. The fourth-order valence-electron chi connectivity index (χ4n) is 1.92. The molecule has 0 atom stereocenters. The van der Waals surface area contributed by atoms with Gasteiger partial charge < -0.3 is 5.32 Å². The lowest BCUT2D eigenvalue weighted by molar-refractivity contribution is 0.669. The Morgan fingerprint density at radius 1 is 1.20 bits per heavy atom. The summed E-state index contributed by atoms with van der Waals surface area (Å²) in [6.45, 7) is 8.23. The van der Waals surface area contributed by atoms with Crippen LogP contribution >= 0.6 is 11.8 Å². The molecule has 0 fully saturated rings. The van der Waals surface area contributed by atoms with E-state index in [1.807, 2.05) is 19.2 Å². The SMILES string of the molecule is CCCNCc1cc(C)ccc1Sc1nccc(C)n1. The summed E-state index contributed by atoms with van der Waals surface area (Å²) >= 11 is 1.63. The molecular formula is C16H21N3S. The number of aryl methyl sites for hydroxylation is 2. The highest BCUT2D eigenvalue weighted by atomic mass is 32.2. The van der Waals surface area contributed by atoms with E-state index in [-0.39, 0.29) is 0 Å². The molecule has 2 rings (SSSR count). The van der Waals surface area contributed by atoms with Crippen molar-refractivity contribution in [3.8, 4) is 0 Å². The molecule has 20 heavy (non-hydrogen) atoms. The minimum Gasteiger partial charge on any atom is -0.313 e. The molecule has 0 bridgehead atoms. The number of hydrogen-bond donors (Lipinski definition) is 1. The van der Waals surface area contributed by atoms with Gasteiger partial charge in [-0.3, -0.25) is 0 Å². The summed E-state index contributed by atoms with van der Waals surface area (Å²) in [5, 5.41) is 4.27. The number of hydrogen-bond acceptors (Lipinski definition) is 4. The summed E-state index contributed by atoms with van der Waals surface area (Å²) in [5.74, 6) is 0. The average molecular weight is 287 g/mol. The van der Waals surface area contributed by atoms with Crippen LogP contribution in [0.5, 0.6) is 0 Å². The van der Waals surface area contributed by atoms with Crippen LogP contribution in [0.25, 0.3) is 0 Å². The first-order chi connectivity index (χ1) is 9.69. The molecule has 0 saturated heterocycles. The average Bonchev–Trinajstić information content (AvgIpc) is 2.42. The van der Waals surface area contributed by atoms with E-state index in [1.165, 1.54) is 16.0 Å². The molecule has 1 heterocycles. The molecule has 1 aromatic carbocycles. The third-order valence-corrected chi connectivity index (χ3v) is 3.93. The molecule has 106 valence electrons. The van der Waals surface area contributed by atoms with E-state index in [9.17, 15) is 0 Å². The van der Waals surface area contributed by atoms with Crippen molar-refractivity contribution in [2.75, 3.05) is 6.54 Å². The summed E-state index contributed by atoms with van der Waals surface area (Å²) in [6, 6.07) is 8.46. The van der Waals surface area contributed by atoms with Crippen LogP contribution in [0.4, 0.5) is 0 Å². The maximum absolute atomic E-state index is 4.46. The Morgan fingerprint density at radius 2 is 2.05 bits per heavy atom. The van der Waals surface area contributed by atoms with Gasteiger partial charge in [0.25, 0.3) is 0 Å². The molecule has 0 aliphatic heterocycles. The van der Waals surface area contributed by atoms with Gasteiger partial charge in [0.2, 0.25) is 0 Å². The number of rotatable bonds is 6. The molecular weight excluding hydrogens is 266 g/mol. The van der Waals surface area contributed by atoms with Gasteiger partial charge in [-0.25, -0.2) is 9.97 Å². The highest BCUT2D eigenvalue weighted by molar-refractivity contribution is 7.99. The first-order valence-electron chi connectivity index (χ1n) is 6.97. The summed E-state index contributed by atoms with van der Waals surface area (Å²) in [6.07, 6.45) is 2.96. The second kappa shape index (κ2) is 7.41. The zero-order valence-corrected chi connectivity index (χ0v) is 13.1. The van der Waals surface area contributed by atoms with Crippen molar-refractivity contribution in [3.63, 3.8) is 0 Å². The van der Waals surface area contributed by atoms with Gasteiger partial charge in [-0.15, -0.1) is 0 Å². The molecule has 0 amide bonds. The minimum absolute atomic E-state index is 0.811. The van der Waals surface area contributed by atoms with Crippen LogP contribution in [0.3, 0.4) is 0 Å². The lowest BCUT2D eigenvalue weighted by Gasteiger charge is -2.10. The molecule has 3 nitrogen and oxygen atoms in total. The number of aromatic nitrogens is 2. The van der Waals surface area contributed by atoms with Crippen LogP contribution in [-0.2, 0) is 6.54 Å². The first-order valence-corrected chi connectivity index (χ1v) is 7.78. The predicted molar refractivity (Wildman–Crippen MR) is 84.1 cm³/mol. The van der Waals surface area contributed by atoms with Gasteiger partial charge in [-0.2, -0.15) is 0 Å². The third-order valence-electron chi connectivity index (χ3n) is 2.93. The third kappa shape index (κ3) is 4.32. The van der Waals surface area contributed by atoms with E-state index in [4.69, 9.17) is 0 Å². The van der Waals surface area contributed by atoms with Gasteiger partial charge in [0, 0.05) is 23.3 Å².